The van der Waals surface area contributed by atoms with E-state index in [1.54, 1.807) is 0 Å². The predicted molar refractivity (Wildman–Crippen MR) is 107 cm³/mol. The van der Waals surface area contributed by atoms with Gasteiger partial charge in [0, 0.05) is 38.6 Å². The zero-order valence-electron chi connectivity index (χ0n) is 14.3. The highest BCUT2D eigenvalue weighted by atomic mass is 127. The molecule has 1 heterocycles. The van der Waals surface area contributed by atoms with Crippen LogP contribution in [0, 0.1) is 5.92 Å². The van der Waals surface area contributed by atoms with Crippen molar-refractivity contribution in [2.75, 3.05) is 19.6 Å². The van der Waals surface area contributed by atoms with Gasteiger partial charge in [-0.15, -0.1) is 24.0 Å². The van der Waals surface area contributed by atoms with Gasteiger partial charge < -0.3 is 15.2 Å². The van der Waals surface area contributed by atoms with Crippen LogP contribution in [-0.2, 0) is 6.54 Å². The molecular weight excluding hydrogens is 401 g/mol. The van der Waals surface area contributed by atoms with Crippen molar-refractivity contribution in [1.82, 2.24) is 20.2 Å². The quantitative estimate of drug-likeness (QED) is 0.286. The van der Waals surface area contributed by atoms with Crippen LogP contribution in [0.5, 0.6) is 0 Å². The number of imidazole rings is 1. The van der Waals surface area contributed by atoms with E-state index < -0.39 is 0 Å². The Hall–Kier alpha value is -0.790. The highest BCUT2D eigenvalue weighted by Gasteiger charge is 2.12. The van der Waals surface area contributed by atoms with E-state index in [1.165, 1.54) is 44.9 Å². The summed E-state index contributed by atoms with van der Waals surface area (Å²) in [7, 11) is 0. The minimum Gasteiger partial charge on any atom is -0.357 e. The normalized spacial score (nSPS) is 16.0. The highest BCUT2D eigenvalue weighted by molar-refractivity contribution is 14.0. The van der Waals surface area contributed by atoms with Crippen molar-refractivity contribution in [1.29, 1.82) is 0 Å². The molecule has 0 spiro atoms. The van der Waals surface area contributed by atoms with Crippen LogP contribution < -0.4 is 10.6 Å². The second-order valence-electron chi connectivity index (χ2n) is 6.13. The topological polar surface area (TPSA) is 54.2 Å². The largest absolute Gasteiger partial charge is 0.357 e. The molecular formula is C17H32IN5. The zero-order chi connectivity index (χ0) is 15.5. The molecule has 0 bridgehead atoms. The molecule has 132 valence electrons. The molecule has 23 heavy (non-hydrogen) atoms. The SMILES string of the molecule is CCNC(=NCCCC1CCCCC1)NCCn1ccnc1.I. The Labute approximate surface area is 157 Å². The van der Waals surface area contributed by atoms with Gasteiger partial charge in [0.2, 0.25) is 0 Å². The maximum absolute atomic E-state index is 4.69. The zero-order valence-corrected chi connectivity index (χ0v) is 16.7. The Morgan fingerprint density at radius 2 is 2.09 bits per heavy atom. The molecule has 0 amide bonds. The highest BCUT2D eigenvalue weighted by Crippen LogP contribution is 2.27. The molecule has 1 fully saturated rings. The molecule has 1 aromatic heterocycles. The van der Waals surface area contributed by atoms with Crippen LogP contribution in [0.4, 0.5) is 0 Å². The lowest BCUT2D eigenvalue weighted by Gasteiger charge is -2.20. The lowest BCUT2D eigenvalue weighted by atomic mass is 9.86. The number of hydrogen-bond donors (Lipinski definition) is 2. The monoisotopic (exact) mass is 433 g/mol. The first kappa shape index (κ1) is 20.3. The van der Waals surface area contributed by atoms with E-state index in [4.69, 9.17) is 0 Å². The van der Waals surface area contributed by atoms with Crippen LogP contribution in [0.3, 0.4) is 0 Å². The molecule has 2 rings (SSSR count). The van der Waals surface area contributed by atoms with E-state index in [9.17, 15) is 0 Å². The predicted octanol–water partition coefficient (Wildman–Crippen LogP) is 3.42. The average Bonchev–Trinajstić information content (AvgIpc) is 3.06. The number of hydrogen-bond acceptors (Lipinski definition) is 2. The Morgan fingerprint density at radius 1 is 1.26 bits per heavy atom. The molecule has 1 saturated carbocycles. The molecule has 1 aliphatic rings. The number of nitrogens with zero attached hydrogens (tertiary/aromatic N) is 3. The molecule has 0 radical (unpaired) electrons. The minimum absolute atomic E-state index is 0. The standard InChI is InChI=1S/C17H31N5.HI/c1-2-19-17(21-12-14-22-13-11-18-15-22)20-10-6-9-16-7-4-3-5-8-16;/h11,13,15-16H,2-10,12,14H2,1H3,(H2,19,20,21);1H. The van der Waals surface area contributed by atoms with Gasteiger partial charge in [-0.1, -0.05) is 32.1 Å². The second-order valence-corrected chi connectivity index (χ2v) is 6.13. The Morgan fingerprint density at radius 3 is 2.78 bits per heavy atom. The van der Waals surface area contributed by atoms with Gasteiger partial charge in [-0.2, -0.15) is 0 Å². The van der Waals surface area contributed by atoms with E-state index in [0.29, 0.717) is 0 Å². The van der Waals surface area contributed by atoms with Gasteiger partial charge in [0.25, 0.3) is 0 Å². The van der Waals surface area contributed by atoms with Crippen molar-refractivity contribution in [3.05, 3.63) is 18.7 Å². The minimum atomic E-state index is 0. The molecule has 0 aromatic carbocycles. The molecule has 5 nitrogen and oxygen atoms in total. The summed E-state index contributed by atoms with van der Waals surface area (Å²) in [5.74, 6) is 1.90. The molecule has 0 unspecified atom stereocenters. The summed E-state index contributed by atoms with van der Waals surface area (Å²) in [6.07, 6.45) is 15.4. The van der Waals surface area contributed by atoms with Crippen molar-refractivity contribution in [3.8, 4) is 0 Å². The molecule has 1 aromatic rings. The number of aromatic nitrogens is 2. The maximum atomic E-state index is 4.69. The molecule has 0 saturated heterocycles. The van der Waals surface area contributed by atoms with Crippen LogP contribution >= 0.6 is 24.0 Å². The summed E-state index contributed by atoms with van der Waals surface area (Å²) < 4.78 is 2.07. The molecule has 1 aliphatic carbocycles. The lowest BCUT2D eigenvalue weighted by molar-refractivity contribution is 0.334. The number of nitrogens with one attached hydrogen (secondary N) is 2. The summed E-state index contributed by atoms with van der Waals surface area (Å²) >= 11 is 0. The van der Waals surface area contributed by atoms with Crippen LogP contribution in [-0.4, -0.2) is 35.1 Å². The van der Waals surface area contributed by atoms with Gasteiger partial charge in [0.05, 0.1) is 6.33 Å². The maximum Gasteiger partial charge on any atom is 0.191 e. The third-order valence-corrected chi connectivity index (χ3v) is 4.33. The van der Waals surface area contributed by atoms with Gasteiger partial charge in [0.15, 0.2) is 5.96 Å². The Bertz CT molecular complexity index is 413. The van der Waals surface area contributed by atoms with Crippen LogP contribution in [0.15, 0.2) is 23.7 Å². The van der Waals surface area contributed by atoms with Crippen molar-refractivity contribution < 1.29 is 0 Å². The van der Waals surface area contributed by atoms with E-state index in [2.05, 4.69) is 32.1 Å². The molecule has 2 N–H and O–H groups in total. The number of aliphatic imine (C=N–C) groups is 1. The van der Waals surface area contributed by atoms with Gasteiger partial charge in [-0.3, -0.25) is 4.99 Å². The first-order chi connectivity index (χ1) is 10.9. The van der Waals surface area contributed by atoms with Gasteiger partial charge >= 0.3 is 0 Å². The van der Waals surface area contributed by atoms with E-state index >= 15 is 0 Å². The first-order valence-electron chi connectivity index (χ1n) is 8.86. The third kappa shape index (κ3) is 8.58. The first-order valence-corrected chi connectivity index (χ1v) is 8.86. The van der Waals surface area contributed by atoms with Crippen molar-refractivity contribution in [2.45, 2.75) is 58.4 Å². The molecule has 0 atom stereocenters. The Balaban J connectivity index is 0.00000264. The Kier molecular flexibility index (Phi) is 11.1. The smallest absolute Gasteiger partial charge is 0.191 e. The molecule has 6 heteroatoms. The lowest BCUT2D eigenvalue weighted by Crippen LogP contribution is -2.38. The van der Waals surface area contributed by atoms with Crippen LogP contribution in [0.25, 0.3) is 0 Å². The average molecular weight is 433 g/mol. The number of guanidine groups is 1. The molecule has 0 aliphatic heterocycles. The van der Waals surface area contributed by atoms with Gasteiger partial charge in [-0.05, 0) is 25.7 Å². The fourth-order valence-electron chi connectivity index (χ4n) is 3.11. The summed E-state index contributed by atoms with van der Waals surface area (Å²) in [6.45, 7) is 5.71. The summed E-state index contributed by atoms with van der Waals surface area (Å²) in [6, 6.07) is 0. The van der Waals surface area contributed by atoms with E-state index in [1.807, 2.05) is 18.7 Å². The second kappa shape index (κ2) is 12.6. The van der Waals surface area contributed by atoms with Crippen molar-refractivity contribution in [3.63, 3.8) is 0 Å². The summed E-state index contributed by atoms with van der Waals surface area (Å²) in [5, 5.41) is 6.70. The van der Waals surface area contributed by atoms with Crippen LogP contribution in [0.2, 0.25) is 0 Å². The van der Waals surface area contributed by atoms with Crippen LogP contribution in [0.1, 0.15) is 51.9 Å². The fraction of sp³-hybridized carbons (Fsp3) is 0.765. The van der Waals surface area contributed by atoms with E-state index in [-0.39, 0.29) is 24.0 Å². The summed E-state index contributed by atoms with van der Waals surface area (Å²) in [4.78, 5) is 8.74. The number of halogens is 1. The van der Waals surface area contributed by atoms with E-state index in [0.717, 1.165) is 38.1 Å². The fourth-order valence-corrected chi connectivity index (χ4v) is 3.11. The van der Waals surface area contributed by atoms with Gasteiger partial charge in [-0.25, -0.2) is 4.98 Å². The third-order valence-electron chi connectivity index (χ3n) is 4.33. The van der Waals surface area contributed by atoms with Crippen molar-refractivity contribution in [2.24, 2.45) is 10.9 Å². The van der Waals surface area contributed by atoms with Gasteiger partial charge in [0.1, 0.15) is 0 Å². The number of rotatable bonds is 8. The van der Waals surface area contributed by atoms with Crippen molar-refractivity contribution >= 4 is 29.9 Å². The summed E-state index contributed by atoms with van der Waals surface area (Å²) in [5.41, 5.74) is 0.